The fraction of sp³-hybridized carbons (Fsp3) is 0.421. The van der Waals surface area contributed by atoms with Crippen LogP contribution < -0.4 is 0 Å². The van der Waals surface area contributed by atoms with Crippen LogP contribution in [0.2, 0.25) is 0 Å². The van der Waals surface area contributed by atoms with Gasteiger partial charge in [0, 0.05) is 18.8 Å². The van der Waals surface area contributed by atoms with Gasteiger partial charge in [0.2, 0.25) is 0 Å². The maximum Gasteiger partial charge on any atom is 0.124 e. The van der Waals surface area contributed by atoms with Crippen LogP contribution in [0, 0.1) is 5.92 Å². The number of aromatic nitrogens is 4. The van der Waals surface area contributed by atoms with Crippen molar-refractivity contribution in [2.24, 2.45) is 5.92 Å². The van der Waals surface area contributed by atoms with E-state index in [0.717, 1.165) is 30.1 Å². The standard InChI is InChI=1S/C19H25N5/c1-14(2)11-24-18-8-6-5-7-17(18)22-19(24)12-23(4)15(3)16-9-10-20-13-21-16/h5-10,13-15H,11-12H2,1-4H3/t15-/m1/s1. The minimum absolute atomic E-state index is 0.209. The van der Waals surface area contributed by atoms with Crippen molar-refractivity contribution < 1.29 is 0 Å². The van der Waals surface area contributed by atoms with Crippen molar-refractivity contribution in [2.75, 3.05) is 7.05 Å². The van der Waals surface area contributed by atoms with Crippen LogP contribution in [0.25, 0.3) is 11.0 Å². The van der Waals surface area contributed by atoms with Crippen molar-refractivity contribution >= 4 is 11.0 Å². The largest absolute Gasteiger partial charge is 0.327 e. The van der Waals surface area contributed by atoms with Crippen molar-refractivity contribution in [2.45, 2.75) is 39.9 Å². The average Bonchev–Trinajstić information content (AvgIpc) is 2.92. The minimum Gasteiger partial charge on any atom is -0.327 e. The molecule has 126 valence electrons. The molecule has 0 unspecified atom stereocenters. The molecule has 5 heteroatoms. The normalized spacial score (nSPS) is 13.1. The number of benzene rings is 1. The third-order valence-corrected chi connectivity index (χ3v) is 4.37. The smallest absolute Gasteiger partial charge is 0.124 e. The topological polar surface area (TPSA) is 46.8 Å². The molecule has 0 aliphatic heterocycles. The van der Waals surface area contributed by atoms with Crippen LogP contribution >= 0.6 is 0 Å². The quantitative estimate of drug-likeness (QED) is 0.694. The molecular formula is C19H25N5. The highest BCUT2D eigenvalue weighted by molar-refractivity contribution is 5.75. The van der Waals surface area contributed by atoms with Crippen molar-refractivity contribution in [1.29, 1.82) is 0 Å². The molecule has 24 heavy (non-hydrogen) atoms. The van der Waals surface area contributed by atoms with Crippen LogP contribution in [-0.2, 0) is 13.1 Å². The van der Waals surface area contributed by atoms with Gasteiger partial charge in [-0.05, 0) is 38.1 Å². The Morgan fingerprint density at radius 3 is 2.62 bits per heavy atom. The number of hydrogen-bond donors (Lipinski definition) is 0. The third kappa shape index (κ3) is 3.46. The third-order valence-electron chi connectivity index (χ3n) is 4.37. The summed E-state index contributed by atoms with van der Waals surface area (Å²) in [5, 5.41) is 0. The van der Waals surface area contributed by atoms with E-state index in [1.54, 1.807) is 12.5 Å². The Morgan fingerprint density at radius 1 is 1.12 bits per heavy atom. The van der Waals surface area contributed by atoms with Gasteiger partial charge in [0.1, 0.15) is 12.2 Å². The second-order valence-electron chi connectivity index (χ2n) is 6.75. The summed E-state index contributed by atoms with van der Waals surface area (Å²) in [6, 6.07) is 10.5. The molecule has 3 rings (SSSR count). The maximum atomic E-state index is 4.87. The molecule has 0 amide bonds. The summed E-state index contributed by atoms with van der Waals surface area (Å²) in [6.07, 6.45) is 3.40. The molecule has 0 saturated carbocycles. The molecule has 0 spiro atoms. The van der Waals surface area contributed by atoms with E-state index in [2.05, 4.69) is 65.5 Å². The number of imidazole rings is 1. The molecule has 5 nitrogen and oxygen atoms in total. The van der Waals surface area contributed by atoms with Crippen LogP contribution in [0.15, 0.2) is 42.9 Å². The molecule has 2 aromatic heterocycles. The summed E-state index contributed by atoms with van der Waals surface area (Å²) < 4.78 is 2.35. The summed E-state index contributed by atoms with van der Waals surface area (Å²) in [4.78, 5) is 15.5. The van der Waals surface area contributed by atoms with Crippen molar-refractivity contribution in [1.82, 2.24) is 24.4 Å². The molecule has 0 aliphatic carbocycles. The lowest BCUT2D eigenvalue weighted by Crippen LogP contribution is -2.25. The van der Waals surface area contributed by atoms with Crippen molar-refractivity contribution in [3.8, 4) is 0 Å². The van der Waals surface area contributed by atoms with E-state index < -0.39 is 0 Å². The Kier molecular flexibility index (Phi) is 4.90. The van der Waals surface area contributed by atoms with E-state index in [0.29, 0.717) is 5.92 Å². The summed E-state index contributed by atoms with van der Waals surface area (Å²) in [5.74, 6) is 1.68. The molecule has 1 aromatic carbocycles. The van der Waals surface area contributed by atoms with Gasteiger partial charge < -0.3 is 4.57 Å². The van der Waals surface area contributed by atoms with Crippen molar-refractivity contribution in [3.05, 3.63) is 54.4 Å². The van der Waals surface area contributed by atoms with E-state index in [1.165, 1.54) is 5.52 Å². The molecule has 0 N–H and O–H groups in total. The molecule has 0 fully saturated rings. The molecule has 1 atom stereocenters. The van der Waals surface area contributed by atoms with Crippen LogP contribution in [0.5, 0.6) is 0 Å². The van der Waals surface area contributed by atoms with Gasteiger partial charge in [-0.15, -0.1) is 0 Å². The number of rotatable bonds is 6. The van der Waals surface area contributed by atoms with Crippen LogP contribution in [-0.4, -0.2) is 31.5 Å². The zero-order chi connectivity index (χ0) is 17.1. The van der Waals surface area contributed by atoms with Gasteiger partial charge in [-0.25, -0.2) is 15.0 Å². The Labute approximate surface area is 143 Å². The second-order valence-corrected chi connectivity index (χ2v) is 6.75. The molecule has 0 aliphatic rings. The van der Waals surface area contributed by atoms with E-state index in [4.69, 9.17) is 4.98 Å². The van der Waals surface area contributed by atoms with Crippen molar-refractivity contribution in [3.63, 3.8) is 0 Å². The van der Waals surface area contributed by atoms with Gasteiger partial charge in [-0.2, -0.15) is 0 Å². The van der Waals surface area contributed by atoms with E-state index in [1.807, 2.05) is 12.1 Å². The van der Waals surface area contributed by atoms with Gasteiger partial charge >= 0.3 is 0 Å². The van der Waals surface area contributed by atoms with Gasteiger partial charge in [-0.3, -0.25) is 4.90 Å². The first-order valence-corrected chi connectivity index (χ1v) is 8.46. The van der Waals surface area contributed by atoms with E-state index in [-0.39, 0.29) is 6.04 Å². The van der Waals surface area contributed by atoms with Gasteiger partial charge in [0.25, 0.3) is 0 Å². The summed E-state index contributed by atoms with van der Waals surface area (Å²) in [6.45, 7) is 8.41. The highest BCUT2D eigenvalue weighted by Gasteiger charge is 2.18. The van der Waals surface area contributed by atoms with E-state index >= 15 is 0 Å². The first kappa shape index (κ1) is 16.6. The SMILES string of the molecule is CC(C)Cn1c(CN(C)[C@H](C)c2ccncn2)nc2ccccc21. The summed E-state index contributed by atoms with van der Waals surface area (Å²) in [5.41, 5.74) is 3.31. The van der Waals surface area contributed by atoms with Gasteiger partial charge in [0.15, 0.2) is 0 Å². The molecule has 3 aromatic rings. The minimum atomic E-state index is 0.209. The molecule has 0 bridgehead atoms. The first-order valence-electron chi connectivity index (χ1n) is 8.46. The highest BCUT2D eigenvalue weighted by atomic mass is 15.2. The highest BCUT2D eigenvalue weighted by Crippen LogP contribution is 2.22. The monoisotopic (exact) mass is 323 g/mol. The Morgan fingerprint density at radius 2 is 1.92 bits per heavy atom. The Bertz CT molecular complexity index is 794. The zero-order valence-corrected chi connectivity index (χ0v) is 14.8. The first-order chi connectivity index (χ1) is 11.6. The molecule has 0 radical (unpaired) electrons. The fourth-order valence-corrected chi connectivity index (χ4v) is 2.95. The number of nitrogens with zero attached hydrogens (tertiary/aromatic N) is 5. The van der Waals surface area contributed by atoms with Crippen LogP contribution in [0.4, 0.5) is 0 Å². The lowest BCUT2D eigenvalue weighted by molar-refractivity contribution is 0.238. The van der Waals surface area contributed by atoms with E-state index in [9.17, 15) is 0 Å². The zero-order valence-electron chi connectivity index (χ0n) is 14.8. The lowest BCUT2D eigenvalue weighted by Gasteiger charge is -2.24. The van der Waals surface area contributed by atoms with Crippen LogP contribution in [0.3, 0.4) is 0 Å². The van der Waals surface area contributed by atoms with Gasteiger partial charge in [0.05, 0.1) is 23.3 Å². The van der Waals surface area contributed by atoms with Crippen LogP contribution in [0.1, 0.15) is 38.3 Å². The second kappa shape index (κ2) is 7.09. The molecular weight excluding hydrogens is 298 g/mol. The number of para-hydroxylation sites is 2. The van der Waals surface area contributed by atoms with Gasteiger partial charge in [-0.1, -0.05) is 26.0 Å². The summed E-state index contributed by atoms with van der Waals surface area (Å²) in [7, 11) is 2.12. The molecule has 2 heterocycles. The Balaban J connectivity index is 1.88. The number of hydrogen-bond acceptors (Lipinski definition) is 4. The predicted molar refractivity (Wildman–Crippen MR) is 96.5 cm³/mol. The predicted octanol–water partition coefficient (Wildman–Crippen LogP) is 3.68. The molecule has 0 saturated heterocycles. The fourth-order valence-electron chi connectivity index (χ4n) is 2.95. The lowest BCUT2D eigenvalue weighted by atomic mass is 10.2. The Hall–Kier alpha value is -2.27. The maximum absolute atomic E-state index is 4.87. The summed E-state index contributed by atoms with van der Waals surface area (Å²) >= 11 is 0. The number of fused-ring (bicyclic) bond motifs is 1. The average molecular weight is 323 g/mol.